The Morgan fingerprint density at radius 2 is 1.70 bits per heavy atom. The lowest BCUT2D eigenvalue weighted by molar-refractivity contribution is -0.115. The number of amides is 2. The molecule has 0 unspecified atom stereocenters. The van der Waals surface area contributed by atoms with E-state index < -0.39 is 0 Å². The van der Waals surface area contributed by atoms with Gasteiger partial charge in [-0.1, -0.05) is 25.1 Å². The van der Waals surface area contributed by atoms with Crippen molar-refractivity contribution in [3.8, 4) is 5.75 Å². The summed E-state index contributed by atoms with van der Waals surface area (Å²) in [5, 5.41) is 5.58. The lowest BCUT2D eigenvalue weighted by atomic mass is 10.1. The van der Waals surface area contributed by atoms with Crippen LogP contribution in [0.3, 0.4) is 0 Å². The van der Waals surface area contributed by atoms with Crippen LogP contribution in [0.5, 0.6) is 5.75 Å². The number of hydrogen-bond acceptors (Lipinski definition) is 3. The number of aryl methyl sites for hydroxylation is 1. The summed E-state index contributed by atoms with van der Waals surface area (Å²) in [6.45, 7) is 3.67. The predicted octanol–water partition coefficient (Wildman–Crippen LogP) is 3.60. The van der Waals surface area contributed by atoms with Crippen LogP contribution in [-0.2, 0) is 4.79 Å². The van der Waals surface area contributed by atoms with E-state index in [-0.39, 0.29) is 11.8 Å². The van der Waals surface area contributed by atoms with Crippen molar-refractivity contribution in [2.24, 2.45) is 0 Å². The normalized spacial score (nSPS) is 10.0. The molecule has 0 saturated heterocycles. The number of rotatable bonds is 5. The minimum atomic E-state index is -0.260. The molecule has 0 bridgehead atoms. The standard InChI is InChI=1S/C18H20N2O3/c1-4-16(21)19-13-8-6-9-14(11-13)20-18(22)15-10-5-7-12(2)17(15)23-3/h5-11H,4H2,1-3H3,(H,19,21)(H,20,22). The summed E-state index contributed by atoms with van der Waals surface area (Å²) in [5.41, 5.74) is 2.61. The number of nitrogens with one attached hydrogen (secondary N) is 2. The van der Waals surface area contributed by atoms with Crippen molar-refractivity contribution < 1.29 is 14.3 Å². The van der Waals surface area contributed by atoms with Crippen LogP contribution in [0.2, 0.25) is 0 Å². The van der Waals surface area contributed by atoms with Gasteiger partial charge in [-0.2, -0.15) is 0 Å². The highest BCUT2D eigenvalue weighted by molar-refractivity contribution is 6.06. The molecule has 23 heavy (non-hydrogen) atoms. The molecule has 0 aliphatic heterocycles. The molecule has 0 spiro atoms. The van der Waals surface area contributed by atoms with Crippen LogP contribution in [0.25, 0.3) is 0 Å². The second-order valence-electron chi connectivity index (χ2n) is 5.09. The van der Waals surface area contributed by atoms with E-state index in [4.69, 9.17) is 4.74 Å². The lowest BCUT2D eigenvalue weighted by Gasteiger charge is -2.12. The van der Waals surface area contributed by atoms with E-state index in [1.54, 1.807) is 44.4 Å². The van der Waals surface area contributed by atoms with Crippen LogP contribution in [0.15, 0.2) is 42.5 Å². The molecular formula is C18H20N2O3. The zero-order valence-electron chi connectivity index (χ0n) is 13.5. The SMILES string of the molecule is CCC(=O)Nc1cccc(NC(=O)c2cccc(C)c2OC)c1. The van der Waals surface area contributed by atoms with Crippen molar-refractivity contribution in [2.45, 2.75) is 20.3 Å². The van der Waals surface area contributed by atoms with Gasteiger partial charge in [0.2, 0.25) is 5.91 Å². The molecule has 0 aromatic heterocycles. The fourth-order valence-corrected chi connectivity index (χ4v) is 2.22. The van der Waals surface area contributed by atoms with Gasteiger partial charge in [-0.25, -0.2) is 0 Å². The first-order valence-corrected chi connectivity index (χ1v) is 7.40. The Labute approximate surface area is 135 Å². The van der Waals surface area contributed by atoms with Crippen LogP contribution in [-0.4, -0.2) is 18.9 Å². The zero-order chi connectivity index (χ0) is 16.8. The predicted molar refractivity (Wildman–Crippen MR) is 91.0 cm³/mol. The first kappa shape index (κ1) is 16.5. The van der Waals surface area contributed by atoms with Crippen molar-refractivity contribution in [1.29, 1.82) is 0 Å². The van der Waals surface area contributed by atoms with Crippen LogP contribution in [0, 0.1) is 6.92 Å². The fraction of sp³-hybridized carbons (Fsp3) is 0.222. The summed E-state index contributed by atoms with van der Waals surface area (Å²) < 4.78 is 5.31. The molecule has 5 nitrogen and oxygen atoms in total. The number of carbonyl (C=O) groups excluding carboxylic acids is 2. The van der Waals surface area contributed by atoms with Crippen molar-refractivity contribution in [3.63, 3.8) is 0 Å². The number of ether oxygens (including phenoxy) is 1. The Bertz CT molecular complexity index is 726. The van der Waals surface area contributed by atoms with Gasteiger partial charge in [-0.05, 0) is 36.8 Å². The molecule has 2 amide bonds. The van der Waals surface area contributed by atoms with Gasteiger partial charge >= 0.3 is 0 Å². The Hall–Kier alpha value is -2.82. The lowest BCUT2D eigenvalue weighted by Crippen LogP contribution is -2.14. The second-order valence-corrected chi connectivity index (χ2v) is 5.09. The van der Waals surface area contributed by atoms with E-state index in [0.29, 0.717) is 29.1 Å². The average molecular weight is 312 g/mol. The average Bonchev–Trinajstić information content (AvgIpc) is 2.54. The maximum atomic E-state index is 12.5. The largest absolute Gasteiger partial charge is 0.496 e. The number of hydrogen-bond donors (Lipinski definition) is 2. The summed E-state index contributed by atoms with van der Waals surface area (Å²) in [6.07, 6.45) is 0.400. The number of anilines is 2. The van der Waals surface area contributed by atoms with E-state index in [1.807, 2.05) is 19.1 Å². The van der Waals surface area contributed by atoms with E-state index in [0.717, 1.165) is 5.56 Å². The third-order valence-electron chi connectivity index (χ3n) is 3.39. The highest BCUT2D eigenvalue weighted by atomic mass is 16.5. The Balaban J connectivity index is 2.19. The van der Waals surface area contributed by atoms with E-state index in [9.17, 15) is 9.59 Å². The molecule has 2 rings (SSSR count). The number of methoxy groups -OCH3 is 1. The fourth-order valence-electron chi connectivity index (χ4n) is 2.22. The molecule has 0 saturated carbocycles. The Morgan fingerprint density at radius 1 is 1.04 bits per heavy atom. The molecule has 0 atom stereocenters. The Morgan fingerprint density at radius 3 is 2.35 bits per heavy atom. The van der Waals surface area contributed by atoms with Crippen molar-refractivity contribution in [1.82, 2.24) is 0 Å². The first-order chi connectivity index (χ1) is 11.0. The maximum Gasteiger partial charge on any atom is 0.259 e. The molecule has 5 heteroatoms. The first-order valence-electron chi connectivity index (χ1n) is 7.40. The topological polar surface area (TPSA) is 67.4 Å². The smallest absolute Gasteiger partial charge is 0.259 e. The van der Waals surface area contributed by atoms with E-state index >= 15 is 0 Å². The highest BCUT2D eigenvalue weighted by Gasteiger charge is 2.14. The molecule has 0 aliphatic carbocycles. The van der Waals surface area contributed by atoms with Crippen LogP contribution in [0.4, 0.5) is 11.4 Å². The summed E-state index contributed by atoms with van der Waals surface area (Å²) in [6, 6.07) is 12.4. The molecule has 120 valence electrons. The van der Waals surface area contributed by atoms with Gasteiger partial charge in [-0.3, -0.25) is 9.59 Å². The minimum Gasteiger partial charge on any atom is -0.496 e. The number of para-hydroxylation sites is 1. The van der Waals surface area contributed by atoms with Gasteiger partial charge in [0.1, 0.15) is 5.75 Å². The summed E-state index contributed by atoms with van der Waals surface area (Å²) >= 11 is 0. The molecule has 2 aromatic carbocycles. The number of carbonyl (C=O) groups is 2. The molecule has 0 aliphatic rings. The van der Waals surface area contributed by atoms with Crippen molar-refractivity contribution >= 4 is 23.2 Å². The van der Waals surface area contributed by atoms with Gasteiger partial charge in [0, 0.05) is 17.8 Å². The van der Waals surface area contributed by atoms with Crippen LogP contribution < -0.4 is 15.4 Å². The monoisotopic (exact) mass is 312 g/mol. The van der Waals surface area contributed by atoms with Gasteiger partial charge in [-0.15, -0.1) is 0 Å². The van der Waals surface area contributed by atoms with E-state index in [1.165, 1.54) is 0 Å². The zero-order valence-corrected chi connectivity index (χ0v) is 13.5. The maximum absolute atomic E-state index is 12.5. The molecule has 0 heterocycles. The quantitative estimate of drug-likeness (QED) is 0.886. The summed E-state index contributed by atoms with van der Waals surface area (Å²) in [5.74, 6) is 0.221. The molecule has 0 radical (unpaired) electrons. The molecule has 2 N–H and O–H groups in total. The minimum absolute atomic E-state index is 0.0752. The van der Waals surface area contributed by atoms with Gasteiger partial charge in [0.15, 0.2) is 0 Å². The molecule has 0 fully saturated rings. The van der Waals surface area contributed by atoms with Crippen molar-refractivity contribution in [2.75, 3.05) is 17.7 Å². The highest BCUT2D eigenvalue weighted by Crippen LogP contribution is 2.24. The third-order valence-corrected chi connectivity index (χ3v) is 3.39. The Kier molecular flexibility index (Phi) is 5.36. The number of benzene rings is 2. The van der Waals surface area contributed by atoms with Crippen LogP contribution >= 0.6 is 0 Å². The summed E-state index contributed by atoms with van der Waals surface area (Å²) in [4.78, 5) is 23.9. The molecule has 2 aromatic rings. The van der Waals surface area contributed by atoms with Gasteiger partial charge in [0.05, 0.1) is 12.7 Å². The van der Waals surface area contributed by atoms with Crippen molar-refractivity contribution in [3.05, 3.63) is 53.6 Å². The third kappa shape index (κ3) is 4.10. The van der Waals surface area contributed by atoms with E-state index in [2.05, 4.69) is 10.6 Å². The van der Waals surface area contributed by atoms with Gasteiger partial charge < -0.3 is 15.4 Å². The second kappa shape index (κ2) is 7.45. The van der Waals surface area contributed by atoms with Gasteiger partial charge in [0.25, 0.3) is 5.91 Å². The summed E-state index contributed by atoms with van der Waals surface area (Å²) in [7, 11) is 1.54. The molecular weight excluding hydrogens is 292 g/mol. The van der Waals surface area contributed by atoms with Crippen LogP contribution in [0.1, 0.15) is 29.3 Å².